The molecule has 1 amide bonds. The number of hydrogen-bond donors (Lipinski definition) is 1. The molecule has 4 rings (SSSR count). The first-order valence-electron chi connectivity index (χ1n) is 13.4. The van der Waals surface area contributed by atoms with Crippen molar-refractivity contribution in [2.45, 2.75) is 65.8 Å². The summed E-state index contributed by atoms with van der Waals surface area (Å²) < 4.78 is 8.35. The molecule has 3 aromatic carbocycles. The van der Waals surface area contributed by atoms with Gasteiger partial charge in [-0.05, 0) is 74.1 Å². The number of nitrogens with one attached hydrogen (secondary N) is 1. The average Bonchev–Trinajstić information content (AvgIpc) is 3.23. The van der Waals surface area contributed by atoms with Gasteiger partial charge in [-0.2, -0.15) is 0 Å². The van der Waals surface area contributed by atoms with Gasteiger partial charge in [0, 0.05) is 18.5 Å². The predicted octanol–water partition coefficient (Wildman–Crippen LogP) is 7.00. The van der Waals surface area contributed by atoms with Gasteiger partial charge in [0.15, 0.2) is 0 Å². The first-order valence-corrected chi connectivity index (χ1v) is 13.4. The van der Waals surface area contributed by atoms with Crippen molar-refractivity contribution in [1.29, 1.82) is 0 Å². The lowest BCUT2D eigenvalue weighted by Gasteiger charge is -2.12. The number of unbranched alkanes of at least 4 members (excludes halogenated alkanes) is 2. The molecular formula is C32H39N3O2. The zero-order valence-corrected chi connectivity index (χ0v) is 22.6. The molecule has 0 saturated heterocycles. The molecule has 0 radical (unpaired) electrons. The Balaban J connectivity index is 1.27. The second kappa shape index (κ2) is 12.6. The summed E-state index contributed by atoms with van der Waals surface area (Å²) in [6, 6.07) is 22.6. The van der Waals surface area contributed by atoms with E-state index in [1.54, 1.807) is 0 Å². The van der Waals surface area contributed by atoms with Gasteiger partial charge in [0.1, 0.15) is 18.2 Å². The van der Waals surface area contributed by atoms with Crippen LogP contribution in [-0.2, 0) is 13.0 Å². The molecule has 4 aromatic rings. The summed E-state index contributed by atoms with van der Waals surface area (Å²) >= 11 is 0. The molecule has 0 aliphatic heterocycles. The largest absolute Gasteiger partial charge is 0.492 e. The normalized spacial score (nSPS) is 11.3. The van der Waals surface area contributed by atoms with Crippen LogP contribution in [0.5, 0.6) is 5.75 Å². The van der Waals surface area contributed by atoms with Crippen molar-refractivity contribution in [1.82, 2.24) is 14.9 Å². The van der Waals surface area contributed by atoms with Crippen LogP contribution in [0, 0.1) is 13.8 Å². The number of rotatable bonds is 12. The number of nitrogens with zero attached hydrogens (tertiary/aromatic N) is 2. The molecular weight excluding hydrogens is 458 g/mol. The Bertz CT molecular complexity index is 1320. The average molecular weight is 498 g/mol. The molecule has 0 aliphatic carbocycles. The van der Waals surface area contributed by atoms with Crippen LogP contribution in [0.3, 0.4) is 0 Å². The molecule has 0 bridgehead atoms. The van der Waals surface area contributed by atoms with E-state index in [-0.39, 0.29) is 5.91 Å². The molecule has 0 spiro atoms. The number of aryl methyl sites for hydroxylation is 3. The van der Waals surface area contributed by atoms with Crippen molar-refractivity contribution in [2.24, 2.45) is 0 Å². The molecule has 37 heavy (non-hydrogen) atoms. The topological polar surface area (TPSA) is 56.2 Å². The van der Waals surface area contributed by atoms with Crippen LogP contribution in [0.2, 0.25) is 0 Å². The van der Waals surface area contributed by atoms with Crippen molar-refractivity contribution in [3.8, 4) is 5.75 Å². The number of aromatic nitrogens is 2. The molecule has 1 aromatic heterocycles. The minimum Gasteiger partial charge on any atom is -0.492 e. The monoisotopic (exact) mass is 497 g/mol. The van der Waals surface area contributed by atoms with E-state index in [4.69, 9.17) is 9.72 Å². The van der Waals surface area contributed by atoms with Crippen LogP contribution >= 0.6 is 0 Å². The highest BCUT2D eigenvalue weighted by molar-refractivity contribution is 5.95. The number of ether oxygens (including phenoxy) is 1. The van der Waals surface area contributed by atoms with E-state index < -0.39 is 0 Å². The zero-order valence-electron chi connectivity index (χ0n) is 22.6. The summed E-state index contributed by atoms with van der Waals surface area (Å²) in [4.78, 5) is 17.4. The van der Waals surface area contributed by atoms with E-state index in [0.717, 1.165) is 66.0 Å². The highest BCUT2D eigenvalue weighted by Crippen LogP contribution is 2.20. The molecule has 0 saturated carbocycles. The first-order chi connectivity index (χ1) is 17.9. The maximum Gasteiger partial charge on any atom is 0.251 e. The quantitative estimate of drug-likeness (QED) is 0.214. The lowest BCUT2D eigenvalue weighted by molar-refractivity contribution is 0.0952. The van der Waals surface area contributed by atoms with Crippen LogP contribution < -0.4 is 10.1 Å². The Morgan fingerprint density at radius 3 is 2.51 bits per heavy atom. The smallest absolute Gasteiger partial charge is 0.251 e. The molecule has 5 heteroatoms. The maximum absolute atomic E-state index is 12.5. The standard InChI is InChI=1S/C32H39N3O2/c1-23(2)26-14-16-27(17-15-26)37-21-20-35-30-11-8-7-10-29(30)34-31(35)12-6-5-9-19-33-32(36)28-18-13-24(3)22-25(28)4/h7-8,10-11,13-18,22-23H,5-6,9,12,19-21H2,1-4H3,(H,33,36). The van der Waals surface area contributed by atoms with Crippen molar-refractivity contribution in [2.75, 3.05) is 13.2 Å². The molecule has 0 aliphatic rings. The molecule has 194 valence electrons. The third kappa shape index (κ3) is 7.00. The molecule has 1 heterocycles. The van der Waals surface area contributed by atoms with Gasteiger partial charge in [-0.15, -0.1) is 0 Å². The lowest BCUT2D eigenvalue weighted by Crippen LogP contribution is -2.25. The van der Waals surface area contributed by atoms with Crippen molar-refractivity contribution in [3.05, 3.63) is 94.8 Å². The van der Waals surface area contributed by atoms with Gasteiger partial charge in [-0.1, -0.05) is 62.2 Å². The Morgan fingerprint density at radius 2 is 1.76 bits per heavy atom. The van der Waals surface area contributed by atoms with Crippen molar-refractivity contribution in [3.63, 3.8) is 0 Å². The Kier molecular flexibility index (Phi) is 8.99. The molecule has 0 fully saturated rings. The number of carbonyl (C=O) groups is 1. The molecule has 0 atom stereocenters. The number of imidazole rings is 1. The summed E-state index contributed by atoms with van der Waals surface area (Å²) in [5, 5.41) is 3.07. The predicted molar refractivity (Wildman–Crippen MR) is 152 cm³/mol. The highest BCUT2D eigenvalue weighted by atomic mass is 16.5. The van der Waals surface area contributed by atoms with Crippen LogP contribution in [0.25, 0.3) is 11.0 Å². The Labute approximate surface area is 220 Å². The van der Waals surface area contributed by atoms with Crippen molar-refractivity contribution >= 4 is 16.9 Å². The fourth-order valence-electron chi connectivity index (χ4n) is 4.72. The van der Waals surface area contributed by atoms with Gasteiger partial charge in [-0.25, -0.2) is 4.98 Å². The number of amides is 1. The van der Waals surface area contributed by atoms with Crippen LogP contribution in [-0.4, -0.2) is 28.6 Å². The molecule has 1 N–H and O–H groups in total. The Morgan fingerprint density at radius 1 is 0.973 bits per heavy atom. The minimum atomic E-state index is 0.0122. The summed E-state index contributed by atoms with van der Waals surface area (Å²) in [5.74, 6) is 2.53. The fraction of sp³-hybridized carbons (Fsp3) is 0.375. The van der Waals surface area contributed by atoms with E-state index >= 15 is 0 Å². The minimum absolute atomic E-state index is 0.0122. The number of fused-ring (bicyclic) bond motifs is 1. The second-order valence-corrected chi connectivity index (χ2v) is 10.1. The van der Waals surface area contributed by atoms with Crippen molar-refractivity contribution < 1.29 is 9.53 Å². The summed E-state index contributed by atoms with van der Waals surface area (Å²) in [6.07, 6.45) is 3.92. The number of para-hydroxylation sites is 2. The third-order valence-electron chi connectivity index (χ3n) is 6.85. The van der Waals surface area contributed by atoms with Gasteiger partial charge < -0.3 is 14.6 Å². The summed E-state index contributed by atoms with van der Waals surface area (Å²) in [6.45, 7) is 10.5. The lowest BCUT2D eigenvalue weighted by atomic mass is 10.0. The van der Waals surface area contributed by atoms with E-state index in [1.807, 2.05) is 32.0 Å². The fourth-order valence-corrected chi connectivity index (χ4v) is 4.72. The SMILES string of the molecule is Cc1ccc(C(=O)NCCCCCc2nc3ccccc3n2CCOc2ccc(C(C)C)cc2)c(C)c1. The second-order valence-electron chi connectivity index (χ2n) is 10.1. The van der Waals surface area contributed by atoms with Gasteiger partial charge >= 0.3 is 0 Å². The number of carbonyl (C=O) groups excluding carboxylic acids is 1. The summed E-state index contributed by atoms with van der Waals surface area (Å²) in [7, 11) is 0. The Hall–Kier alpha value is -3.60. The molecule has 0 unspecified atom stereocenters. The van der Waals surface area contributed by atoms with Gasteiger partial charge in [0.2, 0.25) is 0 Å². The number of hydrogen-bond acceptors (Lipinski definition) is 3. The van der Waals surface area contributed by atoms with E-state index in [0.29, 0.717) is 19.1 Å². The highest BCUT2D eigenvalue weighted by Gasteiger charge is 2.11. The van der Waals surface area contributed by atoms with Gasteiger partial charge in [-0.3, -0.25) is 4.79 Å². The zero-order chi connectivity index (χ0) is 26.2. The van der Waals surface area contributed by atoms with Gasteiger partial charge in [0.05, 0.1) is 17.6 Å². The van der Waals surface area contributed by atoms with Crippen LogP contribution in [0.4, 0.5) is 0 Å². The third-order valence-corrected chi connectivity index (χ3v) is 6.85. The van der Waals surface area contributed by atoms with E-state index in [2.05, 4.69) is 72.3 Å². The number of benzene rings is 3. The summed E-state index contributed by atoms with van der Waals surface area (Å²) in [5.41, 5.74) is 6.45. The van der Waals surface area contributed by atoms with Gasteiger partial charge in [0.25, 0.3) is 5.91 Å². The van der Waals surface area contributed by atoms with Crippen LogP contribution in [0.1, 0.15) is 71.9 Å². The maximum atomic E-state index is 12.5. The van der Waals surface area contributed by atoms with Crippen LogP contribution in [0.15, 0.2) is 66.7 Å². The first kappa shape index (κ1) is 26.5. The van der Waals surface area contributed by atoms with E-state index in [9.17, 15) is 4.79 Å². The molecule has 5 nitrogen and oxygen atoms in total. The van der Waals surface area contributed by atoms with E-state index in [1.165, 1.54) is 11.1 Å².